The van der Waals surface area contributed by atoms with Gasteiger partial charge >= 0.3 is 0 Å². The molecular formula is C26H23N5O. The summed E-state index contributed by atoms with van der Waals surface area (Å²) in [4.78, 5) is 17.8. The third-order valence-corrected chi connectivity index (χ3v) is 5.49. The number of nitrogens with zero attached hydrogens (tertiary/aromatic N) is 4. The number of carbonyl (C=O) groups is 1. The lowest BCUT2D eigenvalue weighted by Gasteiger charge is -2.09. The molecule has 0 spiro atoms. The van der Waals surface area contributed by atoms with E-state index in [0.29, 0.717) is 24.3 Å². The van der Waals surface area contributed by atoms with Crippen LogP contribution in [0.2, 0.25) is 0 Å². The molecule has 0 saturated carbocycles. The molecule has 2 aromatic heterocycles. The normalized spacial score (nSPS) is 11.0. The summed E-state index contributed by atoms with van der Waals surface area (Å²) in [5.41, 5.74) is 5.06. The van der Waals surface area contributed by atoms with Crippen LogP contribution in [0.4, 0.5) is 0 Å². The number of para-hydroxylation sites is 3. The standard InChI is InChI=1S/C26H23N5O/c1-19-28-23-14-8-9-15-24(23)30(19)17-16-27-26(32)22-18-31(21-12-6-3-7-13-21)29-25(22)20-10-4-2-5-11-20/h2-15,18H,16-17H2,1H3,(H,27,32). The molecule has 0 atom stereocenters. The van der Waals surface area contributed by atoms with Gasteiger partial charge in [0.15, 0.2) is 0 Å². The molecule has 0 unspecified atom stereocenters. The molecule has 5 rings (SSSR count). The number of aromatic nitrogens is 4. The minimum absolute atomic E-state index is 0.145. The van der Waals surface area contributed by atoms with Gasteiger partial charge in [-0.15, -0.1) is 0 Å². The van der Waals surface area contributed by atoms with Gasteiger partial charge in [0.25, 0.3) is 5.91 Å². The highest BCUT2D eigenvalue weighted by molar-refractivity contribution is 5.99. The van der Waals surface area contributed by atoms with Crippen molar-refractivity contribution in [3.8, 4) is 16.9 Å². The fraction of sp³-hybridized carbons (Fsp3) is 0.115. The number of amides is 1. The Morgan fingerprint density at radius 3 is 2.38 bits per heavy atom. The van der Waals surface area contributed by atoms with E-state index >= 15 is 0 Å². The number of fused-ring (bicyclic) bond motifs is 1. The Kier molecular flexibility index (Phi) is 5.25. The van der Waals surface area contributed by atoms with Crippen LogP contribution in [0.15, 0.2) is 91.1 Å². The zero-order valence-corrected chi connectivity index (χ0v) is 17.8. The Balaban J connectivity index is 1.40. The largest absolute Gasteiger partial charge is 0.350 e. The number of aryl methyl sites for hydroxylation is 1. The summed E-state index contributed by atoms with van der Waals surface area (Å²) in [6, 6.07) is 27.6. The molecule has 6 nitrogen and oxygen atoms in total. The van der Waals surface area contributed by atoms with E-state index < -0.39 is 0 Å². The fourth-order valence-electron chi connectivity index (χ4n) is 3.92. The molecule has 3 aromatic carbocycles. The summed E-state index contributed by atoms with van der Waals surface area (Å²) in [5, 5.41) is 7.79. The lowest BCUT2D eigenvalue weighted by molar-refractivity contribution is 0.0953. The summed E-state index contributed by atoms with van der Waals surface area (Å²) in [5.74, 6) is 0.787. The van der Waals surface area contributed by atoms with E-state index in [0.717, 1.165) is 28.1 Å². The minimum atomic E-state index is -0.145. The lowest BCUT2D eigenvalue weighted by Crippen LogP contribution is -2.27. The van der Waals surface area contributed by atoms with E-state index in [1.54, 1.807) is 10.9 Å². The molecule has 0 saturated heterocycles. The molecular weight excluding hydrogens is 398 g/mol. The number of rotatable bonds is 6. The predicted octanol–water partition coefficient (Wildman–Crippen LogP) is 4.63. The third kappa shape index (κ3) is 3.78. The first-order valence-electron chi connectivity index (χ1n) is 10.6. The van der Waals surface area contributed by atoms with Crippen LogP contribution in [0.1, 0.15) is 16.2 Å². The van der Waals surface area contributed by atoms with Gasteiger partial charge in [-0.05, 0) is 31.2 Å². The van der Waals surface area contributed by atoms with Crippen LogP contribution in [0.3, 0.4) is 0 Å². The van der Waals surface area contributed by atoms with E-state index in [1.807, 2.05) is 85.8 Å². The molecule has 0 aliphatic heterocycles. The molecule has 6 heteroatoms. The van der Waals surface area contributed by atoms with Crippen LogP contribution < -0.4 is 5.32 Å². The molecule has 0 fully saturated rings. The van der Waals surface area contributed by atoms with E-state index in [2.05, 4.69) is 20.9 Å². The minimum Gasteiger partial charge on any atom is -0.350 e. The van der Waals surface area contributed by atoms with E-state index in [-0.39, 0.29) is 5.91 Å². The van der Waals surface area contributed by atoms with Gasteiger partial charge in [-0.1, -0.05) is 60.7 Å². The van der Waals surface area contributed by atoms with E-state index in [9.17, 15) is 4.79 Å². The van der Waals surface area contributed by atoms with Crippen LogP contribution in [-0.4, -0.2) is 31.8 Å². The second-order valence-electron chi connectivity index (χ2n) is 7.59. The van der Waals surface area contributed by atoms with Crippen LogP contribution in [0, 0.1) is 6.92 Å². The Hall–Kier alpha value is -4.19. The Labute approximate surface area is 186 Å². The van der Waals surface area contributed by atoms with Crippen LogP contribution in [0.5, 0.6) is 0 Å². The Morgan fingerprint density at radius 2 is 1.59 bits per heavy atom. The highest BCUT2D eigenvalue weighted by atomic mass is 16.1. The molecule has 0 bridgehead atoms. The van der Waals surface area contributed by atoms with Crippen molar-refractivity contribution in [1.29, 1.82) is 0 Å². The third-order valence-electron chi connectivity index (χ3n) is 5.49. The molecule has 1 amide bonds. The van der Waals surface area contributed by atoms with Crippen LogP contribution >= 0.6 is 0 Å². The maximum Gasteiger partial charge on any atom is 0.255 e. The summed E-state index contributed by atoms with van der Waals surface area (Å²) in [6.45, 7) is 3.12. The second kappa shape index (κ2) is 8.51. The van der Waals surface area contributed by atoms with Gasteiger partial charge in [0, 0.05) is 24.8 Å². The Morgan fingerprint density at radius 1 is 0.906 bits per heavy atom. The maximum atomic E-state index is 13.2. The maximum absolute atomic E-state index is 13.2. The first-order valence-corrected chi connectivity index (χ1v) is 10.6. The number of imidazole rings is 1. The predicted molar refractivity (Wildman–Crippen MR) is 126 cm³/mol. The van der Waals surface area contributed by atoms with Crippen molar-refractivity contribution in [1.82, 2.24) is 24.6 Å². The average Bonchev–Trinajstić information content (AvgIpc) is 3.42. The molecule has 1 N–H and O–H groups in total. The molecule has 0 aliphatic rings. The van der Waals surface area contributed by atoms with Gasteiger partial charge in [-0.2, -0.15) is 5.10 Å². The number of hydrogen-bond acceptors (Lipinski definition) is 3. The molecule has 158 valence electrons. The number of benzene rings is 3. The van der Waals surface area contributed by atoms with Crippen molar-refractivity contribution in [3.05, 3.63) is 103 Å². The lowest BCUT2D eigenvalue weighted by atomic mass is 10.1. The van der Waals surface area contributed by atoms with E-state index in [1.165, 1.54) is 0 Å². The quantitative estimate of drug-likeness (QED) is 0.435. The number of nitrogens with one attached hydrogen (secondary N) is 1. The van der Waals surface area contributed by atoms with Crippen molar-refractivity contribution in [2.75, 3.05) is 6.54 Å². The number of carbonyl (C=O) groups excluding carboxylic acids is 1. The first kappa shape index (κ1) is 19.8. The smallest absolute Gasteiger partial charge is 0.255 e. The van der Waals surface area contributed by atoms with Crippen LogP contribution in [-0.2, 0) is 6.54 Å². The topological polar surface area (TPSA) is 64.7 Å². The molecule has 32 heavy (non-hydrogen) atoms. The van der Waals surface area contributed by atoms with Gasteiger partial charge in [0.1, 0.15) is 11.5 Å². The van der Waals surface area contributed by atoms with Gasteiger partial charge in [0.05, 0.1) is 22.3 Å². The highest BCUT2D eigenvalue weighted by Crippen LogP contribution is 2.23. The number of hydrogen-bond donors (Lipinski definition) is 1. The summed E-state index contributed by atoms with van der Waals surface area (Å²) < 4.78 is 3.88. The zero-order valence-electron chi connectivity index (χ0n) is 17.8. The van der Waals surface area contributed by atoms with Crippen molar-refractivity contribution >= 4 is 16.9 Å². The van der Waals surface area contributed by atoms with Crippen molar-refractivity contribution in [2.45, 2.75) is 13.5 Å². The summed E-state index contributed by atoms with van der Waals surface area (Å²) >= 11 is 0. The fourth-order valence-corrected chi connectivity index (χ4v) is 3.92. The molecule has 5 aromatic rings. The van der Waals surface area contributed by atoms with Crippen molar-refractivity contribution in [3.63, 3.8) is 0 Å². The van der Waals surface area contributed by atoms with Gasteiger partial charge in [-0.3, -0.25) is 4.79 Å². The van der Waals surface area contributed by atoms with Crippen molar-refractivity contribution < 1.29 is 4.79 Å². The summed E-state index contributed by atoms with van der Waals surface area (Å²) in [6.07, 6.45) is 1.80. The molecule has 2 heterocycles. The SMILES string of the molecule is Cc1nc2ccccc2n1CCNC(=O)c1cn(-c2ccccc2)nc1-c1ccccc1. The van der Waals surface area contributed by atoms with Gasteiger partial charge in [0.2, 0.25) is 0 Å². The monoisotopic (exact) mass is 421 g/mol. The Bertz CT molecular complexity index is 1370. The van der Waals surface area contributed by atoms with Crippen LogP contribution in [0.25, 0.3) is 28.0 Å². The average molecular weight is 422 g/mol. The van der Waals surface area contributed by atoms with Gasteiger partial charge < -0.3 is 9.88 Å². The second-order valence-corrected chi connectivity index (χ2v) is 7.59. The molecule has 0 aliphatic carbocycles. The van der Waals surface area contributed by atoms with Gasteiger partial charge in [-0.25, -0.2) is 9.67 Å². The van der Waals surface area contributed by atoms with E-state index in [4.69, 9.17) is 5.10 Å². The zero-order chi connectivity index (χ0) is 21.9. The molecule has 0 radical (unpaired) electrons. The van der Waals surface area contributed by atoms with Crippen molar-refractivity contribution in [2.24, 2.45) is 0 Å². The highest BCUT2D eigenvalue weighted by Gasteiger charge is 2.18. The summed E-state index contributed by atoms with van der Waals surface area (Å²) in [7, 11) is 0. The first-order chi connectivity index (χ1) is 15.7.